The predicted octanol–water partition coefficient (Wildman–Crippen LogP) is 13.0. The van der Waals surface area contributed by atoms with Crippen LogP contribution in [0.25, 0.3) is 44.5 Å². The van der Waals surface area contributed by atoms with Crippen molar-refractivity contribution in [2.75, 3.05) is 13.1 Å². The number of piperidine rings is 1. The van der Waals surface area contributed by atoms with E-state index in [1.54, 1.807) is 0 Å². The zero-order valence-electron chi connectivity index (χ0n) is 37.8. The third-order valence-electron chi connectivity index (χ3n) is 16.3. The molecule has 0 spiro atoms. The maximum absolute atomic E-state index is 5.98. The molecular formula is C63H57N3. The standard InChI is InChI=1S/C63H57N3/c64-33-11-1-2-12-34-65-45-39-62(58-29-13-25-50-46-21-7-3-17-41(46)35-54(50)58,59-30-14-26-51-47-22-8-4-18-42(47)36-55(51)59)66-63(40-45,60-31-15-27-52-48-23-9-5-19-43(48)37-56(52)60)61-32-16-28-53-49-24-10-6-20-44(49)38-57(53)61/h3-10,13-32,45,65-66H,1-2,11-12,33-40,64H2. The minimum absolute atomic E-state index is 0.194. The van der Waals surface area contributed by atoms with Crippen LogP contribution in [0.1, 0.15) is 105 Å². The van der Waals surface area contributed by atoms with E-state index in [4.69, 9.17) is 11.1 Å². The summed E-state index contributed by atoms with van der Waals surface area (Å²) in [7, 11) is 0. The fraction of sp³-hybridized carbons (Fsp3) is 0.238. The predicted molar refractivity (Wildman–Crippen MR) is 272 cm³/mol. The molecule has 4 aliphatic carbocycles. The monoisotopic (exact) mass is 855 g/mol. The summed E-state index contributed by atoms with van der Waals surface area (Å²) < 4.78 is 0. The lowest BCUT2D eigenvalue weighted by Crippen LogP contribution is -2.65. The van der Waals surface area contributed by atoms with Gasteiger partial charge in [0.05, 0.1) is 11.1 Å². The number of nitrogens with two attached hydrogens (primary N) is 1. The van der Waals surface area contributed by atoms with Crippen LogP contribution in [0.5, 0.6) is 0 Å². The van der Waals surface area contributed by atoms with Crippen LogP contribution in [-0.4, -0.2) is 19.1 Å². The van der Waals surface area contributed by atoms with Crippen LogP contribution in [0.15, 0.2) is 170 Å². The number of fused-ring (bicyclic) bond motifs is 12. The minimum atomic E-state index is -0.571. The summed E-state index contributed by atoms with van der Waals surface area (Å²) in [6.45, 7) is 1.74. The molecule has 0 aromatic heterocycles. The molecule has 0 radical (unpaired) electrons. The van der Waals surface area contributed by atoms with E-state index >= 15 is 0 Å². The van der Waals surface area contributed by atoms with E-state index in [1.807, 2.05) is 0 Å². The summed E-state index contributed by atoms with van der Waals surface area (Å²) >= 11 is 0. The molecule has 0 saturated carbocycles. The first-order valence-electron chi connectivity index (χ1n) is 24.7. The summed E-state index contributed by atoms with van der Waals surface area (Å²) in [5, 5.41) is 9.32. The Morgan fingerprint density at radius 2 is 0.697 bits per heavy atom. The Kier molecular flexibility index (Phi) is 9.64. The van der Waals surface area contributed by atoms with Gasteiger partial charge >= 0.3 is 0 Å². The van der Waals surface area contributed by atoms with Crippen LogP contribution < -0.4 is 16.4 Å². The molecule has 8 aromatic rings. The molecule has 0 bridgehead atoms. The van der Waals surface area contributed by atoms with Gasteiger partial charge in [-0.25, -0.2) is 0 Å². The minimum Gasteiger partial charge on any atom is -0.330 e. The number of unbranched alkanes of at least 4 members (excludes halogenated alkanes) is 3. The average Bonchev–Trinajstić information content (AvgIpc) is 4.15. The molecule has 1 fully saturated rings. The first-order chi connectivity index (χ1) is 32.6. The van der Waals surface area contributed by atoms with Crippen LogP contribution >= 0.6 is 0 Å². The Hall–Kier alpha value is -6.36. The molecule has 1 heterocycles. The molecule has 66 heavy (non-hydrogen) atoms. The molecule has 0 amide bonds. The second kappa shape index (κ2) is 15.9. The molecule has 3 heteroatoms. The first kappa shape index (κ1) is 40.0. The van der Waals surface area contributed by atoms with Crippen molar-refractivity contribution in [3.8, 4) is 44.5 Å². The maximum Gasteiger partial charge on any atom is 0.0720 e. The molecule has 5 aliphatic rings. The van der Waals surface area contributed by atoms with Crippen LogP contribution in [-0.2, 0) is 36.8 Å². The number of rotatable bonds is 11. The van der Waals surface area contributed by atoms with Crippen molar-refractivity contribution in [2.24, 2.45) is 5.73 Å². The molecule has 0 unspecified atom stereocenters. The summed E-state index contributed by atoms with van der Waals surface area (Å²) in [5.41, 5.74) is 33.1. The smallest absolute Gasteiger partial charge is 0.0720 e. The van der Waals surface area contributed by atoms with Gasteiger partial charge in [0.1, 0.15) is 0 Å². The van der Waals surface area contributed by atoms with Crippen molar-refractivity contribution in [1.82, 2.24) is 10.6 Å². The molecule has 13 rings (SSSR count). The third kappa shape index (κ3) is 6.13. The summed E-state index contributed by atoms with van der Waals surface area (Å²) in [4.78, 5) is 0. The van der Waals surface area contributed by atoms with Gasteiger partial charge in [0, 0.05) is 6.04 Å². The second-order valence-electron chi connectivity index (χ2n) is 19.9. The number of nitrogens with one attached hydrogen (secondary N) is 2. The van der Waals surface area contributed by atoms with E-state index < -0.39 is 11.1 Å². The quantitative estimate of drug-likeness (QED) is 0.114. The van der Waals surface area contributed by atoms with Gasteiger partial charge in [0.2, 0.25) is 0 Å². The van der Waals surface area contributed by atoms with Crippen molar-refractivity contribution in [3.05, 3.63) is 237 Å². The molecule has 8 aromatic carbocycles. The Labute approximate surface area is 390 Å². The van der Waals surface area contributed by atoms with Crippen LogP contribution in [0.4, 0.5) is 0 Å². The van der Waals surface area contributed by atoms with E-state index in [9.17, 15) is 0 Å². The van der Waals surface area contributed by atoms with Gasteiger partial charge in [-0.3, -0.25) is 5.32 Å². The van der Waals surface area contributed by atoms with Gasteiger partial charge in [-0.2, -0.15) is 0 Å². The summed E-state index contributed by atoms with van der Waals surface area (Å²) in [6.07, 6.45) is 10.2. The van der Waals surface area contributed by atoms with E-state index in [-0.39, 0.29) is 6.04 Å². The normalized spacial score (nSPS) is 16.4. The molecule has 1 saturated heterocycles. The van der Waals surface area contributed by atoms with Gasteiger partial charge in [0.25, 0.3) is 0 Å². The highest BCUT2D eigenvalue weighted by atomic mass is 15.1. The third-order valence-corrected chi connectivity index (χ3v) is 16.3. The van der Waals surface area contributed by atoms with Crippen LogP contribution in [0, 0.1) is 0 Å². The van der Waals surface area contributed by atoms with Crippen LogP contribution in [0.2, 0.25) is 0 Å². The molecule has 0 atom stereocenters. The zero-order valence-corrected chi connectivity index (χ0v) is 37.8. The van der Waals surface area contributed by atoms with Gasteiger partial charge in [-0.05, 0) is 176 Å². The van der Waals surface area contributed by atoms with E-state index in [0.717, 1.165) is 64.5 Å². The first-order valence-corrected chi connectivity index (χ1v) is 24.7. The van der Waals surface area contributed by atoms with Gasteiger partial charge < -0.3 is 11.1 Å². The fourth-order valence-electron chi connectivity index (χ4n) is 13.6. The van der Waals surface area contributed by atoms with Crippen molar-refractivity contribution in [1.29, 1.82) is 0 Å². The van der Waals surface area contributed by atoms with Crippen molar-refractivity contribution < 1.29 is 0 Å². The number of hydrogen-bond acceptors (Lipinski definition) is 3. The number of benzene rings is 8. The van der Waals surface area contributed by atoms with Gasteiger partial charge in [-0.1, -0.05) is 183 Å². The van der Waals surface area contributed by atoms with E-state index in [2.05, 4.69) is 175 Å². The molecule has 324 valence electrons. The second-order valence-corrected chi connectivity index (χ2v) is 19.9. The summed E-state index contributed by atoms with van der Waals surface area (Å²) in [5.74, 6) is 0. The lowest BCUT2D eigenvalue weighted by Gasteiger charge is -2.55. The lowest BCUT2D eigenvalue weighted by molar-refractivity contribution is 0.146. The van der Waals surface area contributed by atoms with Crippen molar-refractivity contribution >= 4 is 0 Å². The highest BCUT2D eigenvalue weighted by Gasteiger charge is 2.55. The molecule has 4 N–H and O–H groups in total. The van der Waals surface area contributed by atoms with Crippen molar-refractivity contribution in [3.63, 3.8) is 0 Å². The molecule has 1 aliphatic heterocycles. The van der Waals surface area contributed by atoms with Gasteiger partial charge in [-0.15, -0.1) is 0 Å². The highest BCUT2D eigenvalue weighted by molar-refractivity contribution is 5.84. The Bertz CT molecular complexity index is 2810. The average molecular weight is 856 g/mol. The fourth-order valence-corrected chi connectivity index (χ4v) is 13.6. The Morgan fingerprint density at radius 1 is 0.379 bits per heavy atom. The largest absolute Gasteiger partial charge is 0.330 e. The van der Waals surface area contributed by atoms with Crippen LogP contribution in [0.3, 0.4) is 0 Å². The maximum atomic E-state index is 5.98. The molecule has 3 nitrogen and oxygen atoms in total. The lowest BCUT2D eigenvalue weighted by atomic mass is 9.62. The Morgan fingerprint density at radius 3 is 1.05 bits per heavy atom. The number of hydrogen-bond donors (Lipinski definition) is 3. The highest BCUT2D eigenvalue weighted by Crippen LogP contribution is 2.57. The van der Waals surface area contributed by atoms with E-state index in [1.165, 1.54) is 124 Å². The topological polar surface area (TPSA) is 50.1 Å². The SMILES string of the molecule is NCCCCCCNC1CC(c2cccc3c2Cc2ccccc2-3)(c2cccc3c2Cc2ccccc2-3)NC(c2cccc3c2Cc2ccccc2-3)(c2cccc3c2Cc2ccccc2-3)C1. The van der Waals surface area contributed by atoms with Gasteiger partial charge in [0.15, 0.2) is 0 Å². The summed E-state index contributed by atoms with van der Waals surface area (Å²) in [6, 6.07) is 65.8. The van der Waals surface area contributed by atoms with Crippen molar-refractivity contribution in [2.45, 2.75) is 81.3 Å². The Balaban J connectivity index is 1.10. The van der Waals surface area contributed by atoms with E-state index in [0.29, 0.717) is 0 Å². The molecular weight excluding hydrogens is 799 g/mol. The zero-order chi connectivity index (χ0) is 43.8.